The van der Waals surface area contributed by atoms with Gasteiger partial charge in [0.1, 0.15) is 29.0 Å². The maximum atomic E-state index is 15.1. The Morgan fingerprint density at radius 3 is 2.21 bits per heavy atom. The van der Waals surface area contributed by atoms with Crippen LogP contribution < -0.4 is 9.80 Å². The number of aldehydes is 2. The van der Waals surface area contributed by atoms with Crippen LogP contribution in [-0.2, 0) is 9.59 Å². The zero-order valence-electron chi connectivity index (χ0n) is 21.7. The molecule has 39 heavy (non-hydrogen) atoms. The Morgan fingerprint density at radius 2 is 1.64 bits per heavy atom. The first kappa shape index (κ1) is 29.3. The topological polar surface area (TPSA) is 73.8 Å². The normalized spacial score (nSPS) is 11.9. The van der Waals surface area contributed by atoms with Crippen LogP contribution in [0.3, 0.4) is 0 Å². The molecule has 0 bridgehead atoms. The van der Waals surface area contributed by atoms with Gasteiger partial charge in [-0.05, 0) is 43.3 Å². The third kappa shape index (κ3) is 7.18. The van der Waals surface area contributed by atoms with Crippen LogP contribution in [-0.4, -0.2) is 61.2 Å². The summed E-state index contributed by atoms with van der Waals surface area (Å²) in [6, 6.07) is 13.5. The number of carbonyl (C=O) groups is 3. The summed E-state index contributed by atoms with van der Waals surface area (Å²) in [5.74, 6) is 3.54. The Bertz CT molecular complexity index is 1370. The molecule has 2 amide bonds. The number of rotatable bonds is 9. The van der Waals surface area contributed by atoms with E-state index in [1.807, 2.05) is 6.07 Å². The van der Waals surface area contributed by atoms with Crippen LogP contribution in [0.2, 0.25) is 5.15 Å². The number of anilines is 2. The highest BCUT2D eigenvalue weighted by Gasteiger charge is 2.38. The minimum Gasteiger partial charge on any atom is -0.372 e. The second-order valence-electron chi connectivity index (χ2n) is 9.00. The zero-order chi connectivity index (χ0) is 28.6. The lowest BCUT2D eigenvalue weighted by atomic mass is 9.98. The molecule has 0 saturated carbocycles. The Hall–Kier alpha value is -4.29. The molecule has 0 N–H and O–H groups in total. The predicted molar refractivity (Wildman–Crippen MR) is 147 cm³/mol. The number of benzene rings is 2. The van der Waals surface area contributed by atoms with Crippen LogP contribution in [0, 0.1) is 23.5 Å². The molecule has 3 aromatic rings. The number of urea groups is 1. The van der Waals surface area contributed by atoms with Crippen molar-refractivity contribution in [3.63, 3.8) is 0 Å². The summed E-state index contributed by atoms with van der Waals surface area (Å²) < 4.78 is 30.3. The molecule has 1 atom stereocenters. The Balaban J connectivity index is 1.89. The quantitative estimate of drug-likeness (QED) is 0.213. The summed E-state index contributed by atoms with van der Waals surface area (Å²) >= 11 is 5.84. The van der Waals surface area contributed by atoms with Gasteiger partial charge < -0.3 is 19.4 Å². The molecule has 0 radical (unpaired) electrons. The van der Waals surface area contributed by atoms with Crippen LogP contribution in [0.1, 0.15) is 24.5 Å². The summed E-state index contributed by atoms with van der Waals surface area (Å²) in [6.45, 7) is 1.58. The van der Waals surface area contributed by atoms with Crippen molar-refractivity contribution < 1.29 is 23.2 Å². The summed E-state index contributed by atoms with van der Waals surface area (Å²) in [5.41, 5.74) is -0.710. The van der Waals surface area contributed by atoms with Crippen molar-refractivity contribution in [2.45, 2.75) is 18.9 Å². The molecule has 0 aliphatic rings. The average molecular weight is 553 g/mol. The summed E-state index contributed by atoms with van der Waals surface area (Å²) in [4.78, 5) is 44.7. The molecular formula is C29H27ClF2N4O3. The molecule has 10 heteroatoms. The van der Waals surface area contributed by atoms with Crippen LogP contribution in [0.15, 0.2) is 60.8 Å². The SMILES string of the molecule is CN(CCN(C(=O)N(C)c1c(F)cc(C#Cc2ccccc2)cc1F)C(C)(C=O)CC=O)c1ccc(Cl)nc1. The Labute approximate surface area is 231 Å². The van der Waals surface area contributed by atoms with Crippen molar-refractivity contribution in [3.8, 4) is 11.8 Å². The zero-order valence-corrected chi connectivity index (χ0v) is 22.5. The van der Waals surface area contributed by atoms with Crippen LogP contribution in [0.25, 0.3) is 0 Å². The minimum atomic E-state index is -1.56. The van der Waals surface area contributed by atoms with Gasteiger partial charge >= 0.3 is 6.03 Å². The van der Waals surface area contributed by atoms with Crippen molar-refractivity contribution in [1.82, 2.24) is 9.88 Å². The molecule has 0 aliphatic heterocycles. The fourth-order valence-corrected chi connectivity index (χ4v) is 3.95. The van der Waals surface area contributed by atoms with E-state index in [-0.39, 0.29) is 25.1 Å². The largest absolute Gasteiger partial charge is 0.372 e. The Morgan fingerprint density at radius 1 is 1.00 bits per heavy atom. The number of hydrogen-bond acceptors (Lipinski definition) is 5. The number of carbonyl (C=O) groups excluding carboxylic acids is 3. The highest BCUT2D eigenvalue weighted by Crippen LogP contribution is 2.27. The van der Waals surface area contributed by atoms with Crippen LogP contribution in [0.4, 0.5) is 25.0 Å². The fourth-order valence-electron chi connectivity index (χ4n) is 3.83. The molecule has 7 nitrogen and oxygen atoms in total. The summed E-state index contributed by atoms with van der Waals surface area (Å²) in [5, 5.41) is 0.311. The molecule has 0 spiro atoms. The molecule has 0 aliphatic carbocycles. The minimum absolute atomic E-state index is 0.0464. The number of nitrogens with zero attached hydrogens (tertiary/aromatic N) is 4. The smallest absolute Gasteiger partial charge is 0.325 e. The monoisotopic (exact) mass is 552 g/mol. The molecular weight excluding hydrogens is 526 g/mol. The predicted octanol–water partition coefficient (Wildman–Crippen LogP) is 4.95. The van der Waals surface area contributed by atoms with Gasteiger partial charge in [0.05, 0.1) is 11.9 Å². The molecule has 1 aromatic heterocycles. The molecule has 2 aromatic carbocycles. The van der Waals surface area contributed by atoms with E-state index in [1.165, 1.54) is 20.2 Å². The lowest BCUT2D eigenvalue weighted by molar-refractivity contribution is -0.120. The van der Waals surface area contributed by atoms with Gasteiger partial charge in [0.25, 0.3) is 0 Å². The van der Waals surface area contributed by atoms with E-state index in [0.29, 0.717) is 29.0 Å². The maximum Gasteiger partial charge on any atom is 0.325 e. The van der Waals surface area contributed by atoms with E-state index >= 15 is 8.78 Å². The Kier molecular flexibility index (Phi) is 9.74. The van der Waals surface area contributed by atoms with Gasteiger partial charge in [-0.3, -0.25) is 4.90 Å². The van der Waals surface area contributed by atoms with E-state index in [1.54, 1.807) is 48.3 Å². The number of amides is 2. The van der Waals surface area contributed by atoms with E-state index in [2.05, 4.69) is 16.8 Å². The van der Waals surface area contributed by atoms with Gasteiger partial charge in [0.15, 0.2) is 11.6 Å². The van der Waals surface area contributed by atoms with Gasteiger partial charge in [-0.2, -0.15) is 0 Å². The highest BCUT2D eigenvalue weighted by atomic mass is 35.5. The maximum absolute atomic E-state index is 15.1. The fraction of sp³-hybridized carbons (Fsp3) is 0.241. The van der Waals surface area contributed by atoms with Crippen LogP contribution >= 0.6 is 11.6 Å². The highest BCUT2D eigenvalue weighted by molar-refractivity contribution is 6.29. The van der Waals surface area contributed by atoms with E-state index < -0.39 is 28.9 Å². The number of hydrogen-bond donors (Lipinski definition) is 0. The van der Waals surface area contributed by atoms with E-state index in [0.717, 1.165) is 21.9 Å². The first-order valence-corrected chi connectivity index (χ1v) is 12.3. The van der Waals surface area contributed by atoms with Crippen molar-refractivity contribution in [3.05, 3.63) is 88.7 Å². The number of aromatic nitrogens is 1. The lowest BCUT2D eigenvalue weighted by Crippen LogP contribution is -2.57. The first-order valence-electron chi connectivity index (χ1n) is 11.9. The van der Waals surface area contributed by atoms with Crippen molar-refractivity contribution in [1.29, 1.82) is 0 Å². The van der Waals surface area contributed by atoms with Gasteiger partial charge in [0.2, 0.25) is 0 Å². The summed E-state index contributed by atoms with van der Waals surface area (Å²) in [6.07, 6.45) is 2.23. The molecule has 3 rings (SSSR count). The van der Waals surface area contributed by atoms with Crippen LogP contribution in [0.5, 0.6) is 0 Å². The first-order chi connectivity index (χ1) is 18.6. The molecule has 202 valence electrons. The van der Waals surface area contributed by atoms with Gasteiger partial charge in [-0.1, -0.05) is 41.6 Å². The lowest BCUT2D eigenvalue weighted by Gasteiger charge is -2.39. The van der Waals surface area contributed by atoms with Crippen molar-refractivity contribution >= 4 is 41.6 Å². The number of halogens is 3. The molecule has 1 unspecified atom stereocenters. The van der Waals surface area contributed by atoms with E-state index in [9.17, 15) is 14.4 Å². The molecule has 1 heterocycles. The molecule has 0 fully saturated rings. The van der Waals surface area contributed by atoms with Crippen molar-refractivity contribution in [2.24, 2.45) is 0 Å². The standard InChI is InChI=1S/C29H27ClF2N4O3/c1-29(20-38,13-16-37)36(15-14-34(2)23-11-12-26(30)33-19-23)28(39)35(3)27-24(31)17-22(18-25(27)32)10-9-21-7-5-4-6-8-21/h4-8,11-12,16-20H,13-15H2,1-3H3. The van der Waals surface area contributed by atoms with Gasteiger partial charge in [0, 0.05) is 44.7 Å². The third-order valence-electron chi connectivity index (χ3n) is 6.17. The summed E-state index contributed by atoms with van der Waals surface area (Å²) in [7, 11) is 2.94. The number of pyridine rings is 1. The van der Waals surface area contributed by atoms with Crippen molar-refractivity contribution in [2.75, 3.05) is 37.0 Å². The molecule has 0 saturated heterocycles. The van der Waals surface area contributed by atoms with Gasteiger partial charge in [-0.25, -0.2) is 18.6 Å². The third-order valence-corrected chi connectivity index (χ3v) is 6.40. The van der Waals surface area contributed by atoms with Gasteiger partial charge in [-0.15, -0.1) is 0 Å². The second-order valence-corrected chi connectivity index (χ2v) is 9.39. The number of likely N-dealkylation sites (N-methyl/N-ethyl adjacent to an activating group) is 1. The second kappa shape index (κ2) is 13.0. The van der Waals surface area contributed by atoms with E-state index in [4.69, 9.17) is 11.6 Å². The average Bonchev–Trinajstić information content (AvgIpc) is 2.92.